The summed E-state index contributed by atoms with van der Waals surface area (Å²) in [6.45, 7) is 1.81. The van der Waals surface area contributed by atoms with Crippen LogP contribution in [0.2, 0.25) is 0 Å². The Morgan fingerprint density at radius 1 is 1.14 bits per heavy atom. The fraction of sp³-hybridized carbons (Fsp3) is 0.333. The van der Waals surface area contributed by atoms with Crippen LogP contribution in [0.5, 0.6) is 17.2 Å². The lowest BCUT2D eigenvalue weighted by molar-refractivity contribution is -0.947. The van der Waals surface area contributed by atoms with Gasteiger partial charge >= 0.3 is 0 Å². The van der Waals surface area contributed by atoms with Crippen molar-refractivity contribution in [3.8, 4) is 28.7 Å². The van der Waals surface area contributed by atoms with Crippen molar-refractivity contribution in [1.82, 2.24) is 9.78 Å². The van der Waals surface area contributed by atoms with Crippen LogP contribution >= 0.6 is 12.2 Å². The molecule has 1 fully saturated rings. The van der Waals surface area contributed by atoms with E-state index < -0.39 is 0 Å². The molecule has 2 aliphatic rings. The minimum absolute atomic E-state index is 0.238. The fourth-order valence-corrected chi connectivity index (χ4v) is 3.76. The normalized spacial score (nSPS) is 16.0. The van der Waals surface area contributed by atoms with Gasteiger partial charge in [-0.2, -0.15) is 4.68 Å². The second-order valence-corrected chi connectivity index (χ2v) is 7.71. The van der Waals surface area contributed by atoms with Gasteiger partial charge in [-0.15, -0.1) is 5.10 Å². The molecule has 1 unspecified atom stereocenters. The average molecular weight is 412 g/mol. The molecule has 1 N–H and O–H groups in total. The molecule has 2 heterocycles. The van der Waals surface area contributed by atoms with E-state index in [4.69, 9.17) is 30.8 Å². The van der Waals surface area contributed by atoms with Gasteiger partial charge in [0, 0.05) is 24.0 Å². The fourth-order valence-electron chi connectivity index (χ4n) is 3.57. The largest absolute Gasteiger partial charge is 0.497 e. The summed E-state index contributed by atoms with van der Waals surface area (Å²) in [6.07, 6.45) is 2.46. The zero-order chi connectivity index (χ0) is 19.8. The molecule has 0 bridgehead atoms. The monoisotopic (exact) mass is 412 g/mol. The topological polar surface area (TPSA) is 63.1 Å². The summed E-state index contributed by atoms with van der Waals surface area (Å²) in [5, 5.41) is 4.63. The van der Waals surface area contributed by atoms with Crippen molar-refractivity contribution in [2.75, 3.05) is 13.9 Å². The van der Waals surface area contributed by atoms with E-state index >= 15 is 0 Å². The van der Waals surface area contributed by atoms with E-state index in [1.807, 2.05) is 30.3 Å². The number of nitrogens with zero attached hydrogens (tertiary/aromatic N) is 2. The number of methoxy groups -OCH3 is 1. The van der Waals surface area contributed by atoms with Crippen LogP contribution in [0.15, 0.2) is 46.9 Å². The zero-order valence-electron chi connectivity index (χ0n) is 16.1. The third kappa shape index (κ3) is 3.86. The summed E-state index contributed by atoms with van der Waals surface area (Å²) in [4.78, 5) is 1.81. The van der Waals surface area contributed by atoms with Crippen molar-refractivity contribution in [1.29, 1.82) is 0 Å². The van der Waals surface area contributed by atoms with Gasteiger partial charge in [0.15, 0.2) is 18.2 Å². The molecule has 1 aliphatic carbocycles. The molecule has 0 radical (unpaired) electrons. The number of rotatable bonds is 7. The lowest BCUT2D eigenvalue weighted by Crippen LogP contribution is -3.11. The van der Waals surface area contributed by atoms with Crippen molar-refractivity contribution in [3.63, 3.8) is 0 Å². The van der Waals surface area contributed by atoms with Crippen LogP contribution in [-0.4, -0.2) is 29.7 Å². The van der Waals surface area contributed by atoms with Crippen LogP contribution in [-0.2, 0) is 13.2 Å². The van der Waals surface area contributed by atoms with E-state index in [0.717, 1.165) is 23.6 Å². The molecule has 1 saturated carbocycles. The minimum atomic E-state index is 0.238. The Labute approximate surface area is 173 Å². The van der Waals surface area contributed by atoms with Gasteiger partial charge in [0.25, 0.3) is 4.84 Å². The maximum absolute atomic E-state index is 5.78. The Hall–Kier alpha value is -2.84. The number of quaternary nitrogens is 1. The summed E-state index contributed by atoms with van der Waals surface area (Å²) in [6, 6.07) is 14.5. The van der Waals surface area contributed by atoms with Gasteiger partial charge in [-0.1, -0.05) is 0 Å². The van der Waals surface area contributed by atoms with Crippen LogP contribution < -0.4 is 19.1 Å². The molecule has 0 amide bonds. The van der Waals surface area contributed by atoms with Crippen LogP contribution in [0.4, 0.5) is 0 Å². The number of hydrogen-bond acceptors (Lipinski definition) is 6. The molecule has 2 aromatic carbocycles. The van der Waals surface area contributed by atoms with Crippen molar-refractivity contribution in [2.45, 2.75) is 32.1 Å². The van der Waals surface area contributed by atoms with Crippen molar-refractivity contribution in [2.24, 2.45) is 0 Å². The Morgan fingerprint density at radius 2 is 1.93 bits per heavy atom. The molecule has 1 aromatic heterocycles. The van der Waals surface area contributed by atoms with E-state index in [2.05, 4.69) is 17.2 Å². The van der Waals surface area contributed by atoms with Crippen LogP contribution in [0, 0.1) is 4.84 Å². The number of nitrogens with one attached hydrogen (secondary N) is 1. The molecule has 150 valence electrons. The van der Waals surface area contributed by atoms with Crippen molar-refractivity contribution >= 4 is 12.2 Å². The first-order chi connectivity index (χ1) is 14.2. The summed E-state index contributed by atoms with van der Waals surface area (Å²) in [5.41, 5.74) is 2.08. The summed E-state index contributed by atoms with van der Waals surface area (Å²) in [7, 11) is 1.68. The van der Waals surface area contributed by atoms with E-state index in [1.165, 1.54) is 23.3 Å². The van der Waals surface area contributed by atoms with E-state index in [1.54, 1.807) is 11.8 Å². The van der Waals surface area contributed by atoms with E-state index in [9.17, 15) is 0 Å². The molecule has 0 saturated heterocycles. The highest BCUT2D eigenvalue weighted by Gasteiger charge is 2.34. The maximum atomic E-state index is 5.78. The first-order valence-corrected chi connectivity index (χ1v) is 10.1. The average Bonchev–Trinajstić information content (AvgIpc) is 3.38. The lowest BCUT2D eigenvalue weighted by atomic mass is 10.2. The zero-order valence-corrected chi connectivity index (χ0v) is 16.9. The second-order valence-electron chi connectivity index (χ2n) is 7.36. The van der Waals surface area contributed by atoms with Gasteiger partial charge in [0.05, 0.1) is 13.2 Å². The number of benzene rings is 2. The number of aromatic nitrogens is 2. The Balaban J connectivity index is 1.35. The minimum Gasteiger partial charge on any atom is -0.497 e. The standard InChI is InChI=1S/C21H21N3O4S/c1-25-17-7-2-14(3-8-17)11-23(16-5-6-16)12-24-21(29)28-20(22-24)15-4-9-18-19(10-15)27-13-26-18/h2-4,7-10,16H,5-6,11-13H2,1H3/p+1. The smallest absolute Gasteiger partial charge is 0.292 e. The highest BCUT2D eigenvalue weighted by atomic mass is 32.1. The van der Waals surface area contributed by atoms with Crippen molar-refractivity contribution < 1.29 is 23.5 Å². The summed E-state index contributed by atoms with van der Waals surface area (Å²) >= 11 is 5.44. The molecular formula is C21H22N3O4S+. The van der Waals surface area contributed by atoms with Crippen LogP contribution in [0.25, 0.3) is 11.5 Å². The number of fused-ring (bicyclic) bond motifs is 1. The summed E-state index contributed by atoms with van der Waals surface area (Å²) < 4.78 is 23.6. The Kier molecular flexibility index (Phi) is 4.73. The Bertz CT molecular complexity index is 1070. The molecule has 1 atom stereocenters. The number of ether oxygens (including phenoxy) is 3. The van der Waals surface area contributed by atoms with Gasteiger partial charge in [0.1, 0.15) is 12.3 Å². The van der Waals surface area contributed by atoms with Gasteiger partial charge in [-0.3, -0.25) is 0 Å². The van der Waals surface area contributed by atoms with Gasteiger partial charge < -0.3 is 23.5 Å². The van der Waals surface area contributed by atoms with Crippen molar-refractivity contribution in [3.05, 3.63) is 52.9 Å². The molecule has 29 heavy (non-hydrogen) atoms. The number of hydrogen-bond donors (Lipinski definition) is 1. The first-order valence-electron chi connectivity index (χ1n) is 9.65. The quantitative estimate of drug-likeness (QED) is 0.602. The highest BCUT2D eigenvalue weighted by molar-refractivity contribution is 7.71. The molecule has 7 nitrogen and oxygen atoms in total. The van der Waals surface area contributed by atoms with Gasteiger partial charge in [-0.05, 0) is 54.7 Å². The van der Waals surface area contributed by atoms with Gasteiger partial charge in [-0.25, -0.2) is 0 Å². The highest BCUT2D eigenvalue weighted by Crippen LogP contribution is 2.35. The molecular weight excluding hydrogens is 390 g/mol. The van der Waals surface area contributed by atoms with Crippen LogP contribution in [0.1, 0.15) is 18.4 Å². The third-order valence-electron chi connectivity index (χ3n) is 5.32. The lowest BCUT2D eigenvalue weighted by Gasteiger charge is -2.18. The predicted octanol–water partition coefficient (Wildman–Crippen LogP) is 2.81. The van der Waals surface area contributed by atoms with Gasteiger partial charge in [0.2, 0.25) is 12.7 Å². The molecule has 5 rings (SSSR count). The second kappa shape index (κ2) is 7.53. The molecule has 1 aliphatic heterocycles. The van der Waals surface area contributed by atoms with Crippen LogP contribution in [0.3, 0.4) is 0 Å². The molecule has 8 heteroatoms. The first kappa shape index (κ1) is 18.2. The SMILES string of the molecule is COc1ccc(C[NH+](Cn2nc(-c3ccc4c(c3)OCO4)oc2=S)C2CC2)cc1. The van der Waals surface area contributed by atoms with E-state index in [-0.39, 0.29) is 6.79 Å². The maximum Gasteiger partial charge on any atom is 0.292 e. The van der Waals surface area contributed by atoms with E-state index in [0.29, 0.717) is 29.2 Å². The molecule has 0 spiro atoms. The summed E-state index contributed by atoms with van der Waals surface area (Å²) in [5.74, 6) is 2.79. The Morgan fingerprint density at radius 3 is 2.69 bits per heavy atom. The predicted molar refractivity (Wildman–Crippen MR) is 108 cm³/mol. The molecule has 3 aromatic rings. The third-order valence-corrected chi connectivity index (χ3v) is 5.62.